The Hall–Kier alpha value is -7.53. The number of hydrogen-bond donors (Lipinski definition) is 10. The molecule has 29 heteroatoms. The number of rotatable bonds is 17. The largest absolute Gasteiger partial charge is 0.519 e. The molecule has 0 unspecified atom stereocenters. The third kappa shape index (κ3) is 54.4. The van der Waals surface area contributed by atoms with E-state index in [0.29, 0.717) is 25.9 Å². The van der Waals surface area contributed by atoms with Gasteiger partial charge in [-0.25, -0.2) is 38.4 Å². The molecule has 0 aliphatic carbocycles. The van der Waals surface area contributed by atoms with Crippen LogP contribution in [0.5, 0.6) is 0 Å². The summed E-state index contributed by atoms with van der Waals surface area (Å²) >= 11 is 0. The number of aliphatic carboxylic acids is 3. The third-order valence-corrected chi connectivity index (χ3v) is 8.60. The molecule has 0 heterocycles. The minimum atomic E-state index is -1.33. The van der Waals surface area contributed by atoms with Crippen molar-refractivity contribution in [2.75, 3.05) is 13.2 Å². The Morgan fingerprint density at radius 3 is 0.965 bits per heavy atom. The Morgan fingerprint density at radius 2 is 0.721 bits per heavy atom. The molecule has 0 fully saturated rings. The van der Waals surface area contributed by atoms with Gasteiger partial charge in [0.1, 0.15) is 65.4 Å². The van der Waals surface area contributed by atoms with E-state index < -0.39 is 126 Å². The average molecular weight is 1250 g/mol. The van der Waals surface area contributed by atoms with Gasteiger partial charge in [0.05, 0.1) is 13.2 Å². The zero-order chi connectivity index (χ0) is 67.1. The van der Waals surface area contributed by atoms with Crippen molar-refractivity contribution in [2.45, 2.75) is 215 Å². The minimum Gasteiger partial charge on any atom is -0.480 e. The summed E-state index contributed by atoms with van der Waals surface area (Å²) in [5, 5.41) is 48.4. The quantitative estimate of drug-likeness (QED) is 0.0416. The van der Waals surface area contributed by atoms with Gasteiger partial charge in [-0.05, 0) is 134 Å². The first-order valence-corrected chi connectivity index (χ1v) is 26.7. The van der Waals surface area contributed by atoms with Crippen LogP contribution in [0.4, 0.5) is 24.0 Å². The number of nitrogens with one attached hydrogen (secondary N) is 3. The van der Waals surface area contributed by atoms with Crippen LogP contribution in [-0.2, 0) is 75.1 Å². The normalized spacial score (nSPS) is 12.4. The van der Waals surface area contributed by atoms with E-state index in [-0.39, 0.29) is 25.0 Å². The number of carbonyl (C=O) groups is 10. The van der Waals surface area contributed by atoms with E-state index in [1.807, 2.05) is 72.9 Å². The lowest BCUT2D eigenvalue weighted by Gasteiger charge is -2.22. The first-order chi connectivity index (χ1) is 38.7. The number of amides is 3. The van der Waals surface area contributed by atoms with Crippen LogP contribution in [0.15, 0.2) is 60.7 Å². The topological polar surface area (TPSA) is 434 Å². The molecule has 0 aromatic heterocycles. The maximum atomic E-state index is 12.0. The van der Waals surface area contributed by atoms with E-state index in [4.69, 9.17) is 70.2 Å². The lowest BCUT2D eigenvalue weighted by molar-refractivity contribution is -0.148. The van der Waals surface area contributed by atoms with Crippen molar-refractivity contribution in [1.82, 2.24) is 16.0 Å². The van der Waals surface area contributed by atoms with E-state index in [1.165, 1.54) is 0 Å². The highest BCUT2D eigenvalue weighted by atomic mass is 35.5. The molecule has 0 saturated carbocycles. The molecule has 12 N–H and O–H groups in total. The first-order valence-electron chi connectivity index (χ1n) is 26.7. The molecule has 0 aliphatic heterocycles. The maximum absolute atomic E-state index is 12.0. The molecule has 0 bridgehead atoms. The molecule has 86 heavy (non-hydrogen) atoms. The van der Waals surface area contributed by atoms with Crippen LogP contribution in [0, 0.1) is 0 Å². The first kappa shape index (κ1) is 87.2. The van der Waals surface area contributed by atoms with Crippen LogP contribution in [0.3, 0.4) is 0 Å². The number of carboxylic acids is 3. The van der Waals surface area contributed by atoms with Crippen LogP contribution in [0.1, 0.15) is 155 Å². The number of halogens is 1. The van der Waals surface area contributed by atoms with Gasteiger partial charge in [0.2, 0.25) is 0 Å². The van der Waals surface area contributed by atoms with Gasteiger partial charge in [0, 0.05) is 0 Å². The predicted octanol–water partition coefficient (Wildman–Crippen LogP) is 7.52. The minimum absolute atomic E-state index is 0. The van der Waals surface area contributed by atoms with Crippen molar-refractivity contribution in [3.8, 4) is 0 Å². The average Bonchev–Trinajstić information content (AvgIpc) is 3.48. The summed E-state index contributed by atoms with van der Waals surface area (Å²) < 4.78 is 38.8. The van der Waals surface area contributed by atoms with Crippen LogP contribution in [-0.4, -0.2) is 157 Å². The number of nitrogens with two attached hydrogens (primary N) is 2. The molecule has 28 nitrogen and oxygen atoms in total. The van der Waals surface area contributed by atoms with Crippen molar-refractivity contribution in [3.63, 3.8) is 0 Å². The van der Waals surface area contributed by atoms with E-state index >= 15 is 0 Å². The van der Waals surface area contributed by atoms with Gasteiger partial charge in [0.25, 0.3) is 0 Å². The summed E-state index contributed by atoms with van der Waals surface area (Å²) in [5.74, 6) is -4.34. The Balaban J connectivity index is -0.000000311. The summed E-state index contributed by atoms with van der Waals surface area (Å²) in [4.78, 5) is 110. The van der Waals surface area contributed by atoms with E-state index in [1.54, 1.807) is 118 Å². The second-order valence-corrected chi connectivity index (χ2v) is 22.6. The summed E-state index contributed by atoms with van der Waals surface area (Å²) in [6.45, 7) is 30.1. The monoisotopic (exact) mass is 1250 g/mol. The molecule has 2 aromatic rings. The zero-order valence-electron chi connectivity index (χ0n) is 52.8. The predicted molar refractivity (Wildman–Crippen MR) is 317 cm³/mol. The number of aliphatic hydroxyl groups is 2. The lowest BCUT2D eigenvalue weighted by atomic mass is 10.2. The van der Waals surface area contributed by atoms with Gasteiger partial charge in [-0.2, -0.15) is 0 Å². The summed E-state index contributed by atoms with van der Waals surface area (Å²) in [6, 6.07) is 14.4. The molecule has 0 spiro atoms. The molecule has 0 radical (unpaired) electrons. The van der Waals surface area contributed by atoms with Gasteiger partial charge in [0.15, 0.2) is 6.04 Å². The number of benzene rings is 2. The molecule has 0 aliphatic rings. The van der Waals surface area contributed by atoms with E-state index in [2.05, 4.69) is 15.4 Å². The fraction of sp³-hybridized carbons (Fsp3) is 0.614. The molecule has 2 aromatic carbocycles. The van der Waals surface area contributed by atoms with Gasteiger partial charge >= 0.3 is 60.4 Å². The van der Waals surface area contributed by atoms with Gasteiger partial charge in [-0.15, -0.1) is 12.4 Å². The number of carbonyl (C=O) groups excluding carboxylic acids is 7. The number of hydrogen-bond acceptors (Lipinski definition) is 22. The van der Waals surface area contributed by atoms with Crippen LogP contribution < -0.4 is 27.4 Å². The number of carboxylic acid groups (broad SMARTS) is 3. The van der Waals surface area contributed by atoms with Crippen molar-refractivity contribution >= 4 is 72.8 Å². The molecular weight excluding hydrogens is 1160 g/mol. The van der Waals surface area contributed by atoms with Crippen molar-refractivity contribution in [3.05, 3.63) is 71.8 Å². The van der Waals surface area contributed by atoms with Gasteiger partial charge in [-0.3, -0.25) is 9.59 Å². The molecule has 5 atom stereocenters. The molecular formula is C57H96ClN5O23. The Morgan fingerprint density at radius 1 is 0.419 bits per heavy atom. The Labute approximate surface area is 510 Å². The van der Waals surface area contributed by atoms with Crippen molar-refractivity contribution in [1.29, 1.82) is 0 Å². The number of alkyl carbamates (subject to hydrolysis) is 3. The second-order valence-electron chi connectivity index (χ2n) is 22.6. The van der Waals surface area contributed by atoms with Crippen LogP contribution >= 0.6 is 12.4 Å². The van der Waals surface area contributed by atoms with Crippen LogP contribution in [0.25, 0.3) is 0 Å². The molecule has 0 saturated heterocycles. The van der Waals surface area contributed by atoms with Crippen molar-refractivity contribution in [2.24, 2.45) is 11.5 Å². The Kier molecular flexibility index (Phi) is 44.6. The van der Waals surface area contributed by atoms with Crippen molar-refractivity contribution < 1.29 is 111 Å². The molecule has 2 rings (SSSR count). The van der Waals surface area contributed by atoms with E-state index in [0.717, 1.165) is 11.1 Å². The zero-order valence-corrected chi connectivity index (χ0v) is 53.6. The maximum Gasteiger partial charge on any atom is 0.519 e. The van der Waals surface area contributed by atoms with E-state index in [9.17, 15) is 47.9 Å². The van der Waals surface area contributed by atoms with Crippen LogP contribution in [0.2, 0.25) is 0 Å². The Bertz CT molecular complexity index is 2240. The molecule has 3 amide bonds. The van der Waals surface area contributed by atoms with Gasteiger partial charge < -0.3 is 90.8 Å². The summed E-state index contributed by atoms with van der Waals surface area (Å²) in [5.41, 5.74) is 8.86. The SMILES string of the molecule is CC(C)(C)OC(=O)N[C@@H](CO)C(=O)O.CC(C)(C)OC(=O)OC(=O)OC(C)(C)C.CC[C@H](N)C(=O)OCc1ccccc1.CC[C@H](NC(=O)OC(C)(C)C)C(=O)O.CC[C@H](NC(=O)OC(C)(C)C)C(=O)OCc1ccccc1.Cl.N[C@@H](CO)C(=O)O. The lowest BCUT2D eigenvalue weighted by Crippen LogP contribution is -2.45. The highest BCUT2D eigenvalue weighted by Crippen LogP contribution is 2.13. The highest BCUT2D eigenvalue weighted by molar-refractivity contribution is 5.85. The summed E-state index contributed by atoms with van der Waals surface area (Å²) in [7, 11) is 0. The fourth-order valence-electron chi connectivity index (χ4n) is 4.72. The number of aliphatic hydroxyl groups excluding tert-OH is 2. The highest BCUT2D eigenvalue weighted by Gasteiger charge is 2.27. The summed E-state index contributed by atoms with van der Waals surface area (Å²) in [6.07, 6.45) is -2.93. The second kappa shape index (κ2) is 44.0. The fourth-order valence-corrected chi connectivity index (χ4v) is 4.72. The molecule has 494 valence electrons. The third-order valence-electron chi connectivity index (χ3n) is 8.60. The number of ether oxygens (including phenoxy) is 8. The number of esters is 2. The smallest absolute Gasteiger partial charge is 0.480 e. The van der Waals surface area contributed by atoms with Gasteiger partial charge in [-0.1, -0.05) is 81.4 Å². The standard InChI is InChI=1S/C16H23NO4.C11H15NO2.C10H18O5.C9H17NO4.C8H15NO5.C3H7NO3.ClH/c1-5-13(17-15(19)21-16(2,3)4)14(18)20-11-12-9-7-6-8-10-12;1-2-10(12)11(13)14-8-9-6-4-3-5-7-9;1-9(2,3)14-7(11)13-8(12)15-10(4,5)6;1-5-6(7(11)12)10-8(13)14-9(2,3)4;1-8(2,3)14-7(13)9-5(4-10)6(11)12;4-2(1-5)3(6)7;/h6-10,13H,5,11H2,1-4H3,(H,17,19);3-7,10H,2,8,12H2,1H3;1-6H3;6H,5H2,1-4H3,(H,10,13)(H,11,12);5,10H,4H2,1-3H3,(H,9,13)(H,11,12);2,5H,1,4H2,(H,6,7);1H/t13-;10-;;6-;5-;2-;/m00.000./s1.